The number of hydrogen-bond acceptors (Lipinski definition) is 4. The molecule has 1 aromatic heterocycles. The molecule has 0 spiro atoms. The minimum atomic E-state index is 0.157. The fourth-order valence-corrected chi connectivity index (χ4v) is 4.55. The van der Waals surface area contributed by atoms with Crippen LogP contribution in [0.3, 0.4) is 0 Å². The van der Waals surface area contributed by atoms with Gasteiger partial charge in [-0.2, -0.15) is 0 Å². The summed E-state index contributed by atoms with van der Waals surface area (Å²) in [5, 5.41) is 1.59. The van der Waals surface area contributed by atoms with Crippen molar-refractivity contribution in [2.75, 3.05) is 36.8 Å². The van der Waals surface area contributed by atoms with Crippen molar-refractivity contribution in [1.29, 1.82) is 0 Å². The molecule has 29 heavy (non-hydrogen) atoms. The first-order chi connectivity index (χ1) is 14.1. The quantitative estimate of drug-likeness (QED) is 0.574. The van der Waals surface area contributed by atoms with Crippen molar-refractivity contribution in [3.8, 4) is 11.3 Å². The van der Waals surface area contributed by atoms with Gasteiger partial charge in [-0.1, -0.05) is 59.8 Å². The van der Waals surface area contributed by atoms with Crippen molar-refractivity contribution in [3.63, 3.8) is 0 Å². The van der Waals surface area contributed by atoms with Gasteiger partial charge in [0.1, 0.15) is 0 Å². The Labute approximate surface area is 180 Å². The van der Waals surface area contributed by atoms with Gasteiger partial charge >= 0.3 is 0 Å². The van der Waals surface area contributed by atoms with E-state index in [1.165, 1.54) is 11.8 Å². The molecule has 1 aliphatic rings. The average molecular weight is 427 g/mol. The van der Waals surface area contributed by atoms with Gasteiger partial charge in [0.05, 0.1) is 17.6 Å². The van der Waals surface area contributed by atoms with Gasteiger partial charge in [0, 0.05) is 43.9 Å². The lowest BCUT2D eigenvalue weighted by Crippen LogP contribution is -2.49. The fraction of sp³-hybridized carbons (Fsp3) is 0.273. The molecule has 2 heterocycles. The Morgan fingerprint density at radius 1 is 1.07 bits per heavy atom. The molecule has 3 aromatic rings. The van der Waals surface area contributed by atoms with E-state index in [9.17, 15) is 4.79 Å². The number of carbonyl (C=O) groups is 1. The first kappa shape index (κ1) is 19.9. The van der Waals surface area contributed by atoms with Crippen molar-refractivity contribution in [1.82, 2.24) is 14.5 Å². The van der Waals surface area contributed by atoms with Gasteiger partial charge in [0.2, 0.25) is 5.91 Å². The third kappa shape index (κ3) is 4.60. The van der Waals surface area contributed by atoms with E-state index in [0.717, 1.165) is 53.3 Å². The SMILES string of the molecule is Cn1c(-c2ccccc2)cnc1SCC(=O)N1CCN(c2cccc(Cl)c2)CC1. The number of imidazole rings is 1. The predicted octanol–water partition coefficient (Wildman–Crippen LogP) is 4.18. The monoisotopic (exact) mass is 426 g/mol. The van der Waals surface area contributed by atoms with E-state index in [4.69, 9.17) is 11.6 Å². The third-order valence-electron chi connectivity index (χ3n) is 5.15. The van der Waals surface area contributed by atoms with Crippen LogP contribution in [0.4, 0.5) is 5.69 Å². The van der Waals surface area contributed by atoms with Crippen molar-refractivity contribution < 1.29 is 4.79 Å². The van der Waals surface area contributed by atoms with Crippen LogP contribution in [0.2, 0.25) is 5.02 Å². The Bertz CT molecular complexity index is 983. The number of amides is 1. The van der Waals surface area contributed by atoms with E-state index in [1.54, 1.807) is 0 Å². The summed E-state index contributed by atoms with van der Waals surface area (Å²) < 4.78 is 2.05. The molecule has 1 saturated heterocycles. The van der Waals surface area contributed by atoms with Crippen LogP contribution in [0.25, 0.3) is 11.3 Å². The van der Waals surface area contributed by atoms with Crippen LogP contribution in [0, 0.1) is 0 Å². The van der Waals surface area contributed by atoms with Gasteiger partial charge in [-0.3, -0.25) is 4.79 Å². The minimum absolute atomic E-state index is 0.157. The maximum atomic E-state index is 12.7. The van der Waals surface area contributed by atoms with Gasteiger partial charge in [0.15, 0.2) is 5.16 Å². The second-order valence-corrected chi connectivity index (χ2v) is 8.37. The summed E-state index contributed by atoms with van der Waals surface area (Å²) in [4.78, 5) is 21.4. The Morgan fingerprint density at radius 3 is 2.55 bits per heavy atom. The van der Waals surface area contributed by atoms with E-state index in [-0.39, 0.29) is 5.91 Å². The number of thioether (sulfide) groups is 1. The number of nitrogens with zero attached hydrogens (tertiary/aromatic N) is 4. The normalized spacial score (nSPS) is 14.3. The van der Waals surface area contributed by atoms with Crippen LogP contribution >= 0.6 is 23.4 Å². The zero-order chi connectivity index (χ0) is 20.2. The Balaban J connectivity index is 1.31. The zero-order valence-electron chi connectivity index (χ0n) is 16.3. The largest absolute Gasteiger partial charge is 0.368 e. The molecule has 4 rings (SSSR count). The predicted molar refractivity (Wildman–Crippen MR) is 120 cm³/mol. The number of halogens is 1. The lowest BCUT2D eigenvalue weighted by Gasteiger charge is -2.36. The minimum Gasteiger partial charge on any atom is -0.368 e. The standard InChI is InChI=1S/C22H23ClN4OS/c1-25-20(17-6-3-2-4-7-17)15-24-22(25)29-16-21(28)27-12-10-26(11-13-27)19-9-5-8-18(23)14-19/h2-9,14-15H,10-13,16H2,1H3. The molecule has 0 unspecified atom stereocenters. The summed E-state index contributed by atoms with van der Waals surface area (Å²) in [6, 6.07) is 18.0. The van der Waals surface area contributed by atoms with Crippen molar-refractivity contribution >= 4 is 35.0 Å². The summed E-state index contributed by atoms with van der Waals surface area (Å²) in [7, 11) is 1.99. The fourth-order valence-electron chi connectivity index (χ4n) is 3.51. The molecule has 0 N–H and O–H groups in total. The number of hydrogen-bond donors (Lipinski definition) is 0. The Hall–Kier alpha value is -2.44. The lowest BCUT2D eigenvalue weighted by molar-refractivity contribution is -0.128. The van der Waals surface area contributed by atoms with Crippen LogP contribution in [-0.4, -0.2) is 52.3 Å². The summed E-state index contributed by atoms with van der Waals surface area (Å²) in [6.07, 6.45) is 1.87. The highest BCUT2D eigenvalue weighted by molar-refractivity contribution is 7.99. The highest BCUT2D eigenvalue weighted by Gasteiger charge is 2.22. The molecule has 1 fully saturated rings. The second-order valence-electron chi connectivity index (χ2n) is 6.99. The van der Waals surface area contributed by atoms with Gasteiger partial charge in [-0.25, -0.2) is 4.98 Å². The summed E-state index contributed by atoms with van der Waals surface area (Å²) >= 11 is 7.59. The van der Waals surface area contributed by atoms with Crippen LogP contribution in [0.5, 0.6) is 0 Å². The molecule has 5 nitrogen and oxygen atoms in total. The van der Waals surface area contributed by atoms with Crippen LogP contribution in [0.15, 0.2) is 66.0 Å². The van der Waals surface area contributed by atoms with Crippen molar-refractivity contribution in [2.45, 2.75) is 5.16 Å². The molecule has 1 amide bonds. The van der Waals surface area contributed by atoms with E-state index in [2.05, 4.69) is 28.1 Å². The van der Waals surface area contributed by atoms with Crippen LogP contribution < -0.4 is 4.90 Å². The number of carbonyl (C=O) groups excluding carboxylic acids is 1. The number of anilines is 1. The molecule has 0 aliphatic carbocycles. The van der Waals surface area contributed by atoms with E-state index < -0.39 is 0 Å². The van der Waals surface area contributed by atoms with Crippen LogP contribution in [-0.2, 0) is 11.8 Å². The topological polar surface area (TPSA) is 41.4 Å². The Morgan fingerprint density at radius 2 is 1.83 bits per heavy atom. The van der Waals surface area contributed by atoms with Gasteiger partial charge in [-0.05, 0) is 23.8 Å². The third-order valence-corrected chi connectivity index (χ3v) is 6.41. The van der Waals surface area contributed by atoms with Crippen molar-refractivity contribution in [2.24, 2.45) is 7.05 Å². The Kier molecular flexibility index (Phi) is 6.11. The molecule has 0 bridgehead atoms. The number of aromatic nitrogens is 2. The van der Waals surface area contributed by atoms with E-state index >= 15 is 0 Å². The lowest BCUT2D eigenvalue weighted by atomic mass is 10.2. The number of piperazine rings is 1. The van der Waals surface area contributed by atoms with Crippen molar-refractivity contribution in [3.05, 3.63) is 65.8 Å². The first-order valence-electron chi connectivity index (χ1n) is 9.60. The first-order valence-corrected chi connectivity index (χ1v) is 11.0. The summed E-state index contributed by atoms with van der Waals surface area (Å²) in [5.41, 5.74) is 3.29. The van der Waals surface area contributed by atoms with Gasteiger partial charge in [-0.15, -0.1) is 0 Å². The highest BCUT2D eigenvalue weighted by atomic mass is 35.5. The van der Waals surface area contributed by atoms with E-state index in [1.807, 2.05) is 59.1 Å². The maximum Gasteiger partial charge on any atom is 0.233 e. The molecule has 0 atom stereocenters. The molecule has 150 valence electrons. The average Bonchev–Trinajstić information content (AvgIpc) is 3.13. The highest BCUT2D eigenvalue weighted by Crippen LogP contribution is 2.25. The molecule has 2 aromatic carbocycles. The summed E-state index contributed by atoms with van der Waals surface area (Å²) in [5.74, 6) is 0.556. The molecule has 0 radical (unpaired) electrons. The van der Waals surface area contributed by atoms with E-state index in [0.29, 0.717) is 5.75 Å². The van der Waals surface area contributed by atoms with Gasteiger partial charge in [0.25, 0.3) is 0 Å². The van der Waals surface area contributed by atoms with Gasteiger partial charge < -0.3 is 14.4 Å². The molecular weight excluding hydrogens is 404 g/mol. The molecule has 1 aliphatic heterocycles. The number of benzene rings is 2. The molecule has 7 heteroatoms. The molecular formula is C22H23ClN4OS. The zero-order valence-corrected chi connectivity index (χ0v) is 17.9. The summed E-state index contributed by atoms with van der Waals surface area (Å²) in [6.45, 7) is 3.08. The molecule has 0 saturated carbocycles. The van der Waals surface area contributed by atoms with Crippen LogP contribution in [0.1, 0.15) is 0 Å². The smallest absolute Gasteiger partial charge is 0.233 e. The second kappa shape index (κ2) is 8.93. The number of rotatable bonds is 5. The maximum absolute atomic E-state index is 12.7.